The van der Waals surface area contributed by atoms with Crippen LogP contribution in [0.4, 0.5) is 5.69 Å². The van der Waals surface area contributed by atoms with E-state index in [1.54, 1.807) is 0 Å². The number of rotatable bonds is 4. The normalized spacial score (nSPS) is 10.4. The van der Waals surface area contributed by atoms with Gasteiger partial charge in [0.25, 0.3) is 0 Å². The van der Waals surface area contributed by atoms with Crippen LogP contribution >= 0.6 is 27.3 Å². The molecule has 0 atom stereocenters. The minimum absolute atomic E-state index is 0.904. The first kappa shape index (κ1) is 11.7. The summed E-state index contributed by atoms with van der Waals surface area (Å²) < 4.78 is 1.11. The summed E-state index contributed by atoms with van der Waals surface area (Å²) in [5.41, 5.74) is 1.15. The van der Waals surface area contributed by atoms with Crippen LogP contribution in [0.15, 0.2) is 40.9 Å². The van der Waals surface area contributed by atoms with Crippen molar-refractivity contribution in [3.63, 3.8) is 0 Å². The van der Waals surface area contributed by atoms with Gasteiger partial charge in [-0.1, -0.05) is 28.9 Å². The Morgan fingerprint density at radius 3 is 2.69 bits per heavy atom. The Kier molecular flexibility index (Phi) is 4.02. The third kappa shape index (κ3) is 3.09. The minimum Gasteiger partial charge on any atom is -0.380 e. The molecule has 0 aliphatic heterocycles. The number of halogens is 1. The second-order valence-corrected chi connectivity index (χ2v) is 5.75. The van der Waals surface area contributed by atoms with Crippen molar-refractivity contribution in [3.05, 3.63) is 50.6 Å². The summed E-state index contributed by atoms with van der Waals surface area (Å²) in [6.07, 6.45) is 1.13. The highest BCUT2D eigenvalue weighted by Crippen LogP contribution is 2.20. The molecule has 1 aromatic carbocycles. The van der Waals surface area contributed by atoms with E-state index in [4.69, 9.17) is 0 Å². The number of aryl methyl sites for hydroxylation is 1. The summed E-state index contributed by atoms with van der Waals surface area (Å²) in [5.74, 6) is 0. The van der Waals surface area contributed by atoms with E-state index >= 15 is 0 Å². The first-order valence-electron chi connectivity index (χ1n) is 5.35. The molecular formula is C13H14BrNS. The molecule has 1 N–H and O–H groups in total. The van der Waals surface area contributed by atoms with Crippen molar-refractivity contribution >= 4 is 33.0 Å². The van der Waals surface area contributed by atoms with E-state index in [-0.39, 0.29) is 0 Å². The van der Waals surface area contributed by atoms with Crippen LogP contribution in [0.3, 0.4) is 0 Å². The molecule has 0 amide bonds. The average Bonchev–Trinajstić information content (AvgIpc) is 2.74. The molecule has 2 rings (SSSR count). The van der Waals surface area contributed by atoms with Crippen LogP contribution in [0, 0.1) is 0 Å². The predicted molar refractivity (Wildman–Crippen MR) is 75.2 cm³/mol. The Hall–Kier alpha value is -0.800. The van der Waals surface area contributed by atoms with E-state index in [2.05, 4.69) is 52.4 Å². The Labute approximate surface area is 109 Å². The van der Waals surface area contributed by atoms with E-state index < -0.39 is 0 Å². The van der Waals surface area contributed by atoms with Gasteiger partial charge >= 0.3 is 0 Å². The van der Waals surface area contributed by atoms with Gasteiger partial charge in [-0.05, 0) is 36.8 Å². The lowest BCUT2D eigenvalue weighted by atomic mass is 10.3. The van der Waals surface area contributed by atoms with E-state index in [0.29, 0.717) is 0 Å². The van der Waals surface area contributed by atoms with Gasteiger partial charge in [0, 0.05) is 26.5 Å². The number of thiophene rings is 1. The first-order valence-corrected chi connectivity index (χ1v) is 6.96. The highest BCUT2D eigenvalue weighted by Gasteiger charge is 1.98. The second-order valence-electron chi connectivity index (χ2n) is 3.59. The molecule has 0 spiro atoms. The molecule has 0 aliphatic carbocycles. The van der Waals surface area contributed by atoms with Gasteiger partial charge in [0.15, 0.2) is 0 Å². The molecule has 16 heavy (non-hydrogen) atoms. The molecular weight excluding hydrogens is 282 g/mol. The van der Waals surface area contributed by atoms with Gasteiger partial charge in [0.2, 0.25) is 0 Å². The Bertz CT molecular complexity index is 464. The molecule has 1 aromatic heterocycles. The first-order chi connectivity index (χ1) is 7.78. The fraction of sp³-hybridized carbons (Fsp3) is 0.231. The second kappa shape index (κ2) is 5.51. The number of anilines is 1. The summed E-state index contributed by atoms with van der Waals surface area (Å²) in [4.78, 5) is 2.84. The molecule has 0 aliphatic rings. The SMILES string of the molecule is CCc1ccc(CNc2cccc(Br)c2)s1. The highest BCUT2D eigenvalue weighted by molar-refractivity contribution is 9.10. The van der Waals surface area contributed by atoms with Crippen LogP contribution in [0.1, 0.15) is 16.7 Å². The standard InChI is InChI=1S/C13H14BrNS/c1-2-12-6-7-13(16-12)9-15-11-5-3-4-10(14)8-11/h3-8,15H,2,9H2,1H3. The van der Waals surface area contributed by atoms with Crippen LogP contribution in [0.25, 0.3) is 0 Å². The zero-order valence-corrected chi connectivity index (χ0v) is 11.6. The molecule has 1 nitrogen and oxygen atoms in total. The van der Waals surface area contributed by atoms with Crippen LogP contribution in [-0.2, 0) is 13.0 Å². The molecule has 0 bridgehead atoms. The monoisotopic (exact) mass is 295 g/mol. The van der Waals surface area contributed by atoms with Gasteiger partial charge in [-0.25, -0.2) is 0 Å². The predicted octanol–water partition coefficient (Wildman–Crippen LogP) is 4.69. The van der Waals surface area contributed by atoms with Crippen LogP contribution < -0.4 is 5.32 Å². The molecule has 0 saturated carbocycles. The van der Waals surface area contributed by atoms with Gasteiger partial charge in [-0.2, -0.15) is 0 Å². The van der Waals surface area contributed by atoms with Gasteiger partial charge in [0.1, 0.15) is 0 Å². The zero-order valence-electron chi connectivity index (χ0n) is 9.16. The van der Waals surface area contributed by atoms with Gasteiger partial charge in [0.05, 0.1) is 0 Å². The lowest BCUT2D eigenvalue weighted by Crippen LogP contribution is -1.96. The Balaban J connectivity index is 1.96. The lowest BCUT2D eigenvalue weighted by molar-refractivity contribution is 1.19. The van der Waals surface area contributed by atoms with E-state index in [0.717, 1.165) is 23.1 Å². The summed E-state index contributed by atoms with van der Waals surface area (Å²) in [6, 6.07) is 12.7. The molecule has 0 fully saturated rings. The van der Waals surface area contributed by atoms with Gasteiger partial charge in [-0.15, -0.1) is 11.3 Å². The maximum Gasteiger partial charge on any atom is 0.0494 e. The maximum atomic E-state index is 3.47. The quantitative estimate of drug-likeness (QED) is 0.863. The topological polar surface area (TPSA) is 12.0 Å². The fourth-order valence-corrected chi connectivity index (χ4v) is 2.79. The third-order valence-electron chi connectivity index (χ3n) is 2.36. The van der Waals surface area contributed by atoms with Crippen molar-refractivity contribution in [1.82, 2.24) is 0 Å². The van der Waals surface area contributed by atoms with E-state index in [1.165, 1.54) is 9.75 Å². The largest absolute Gasteiger partial charge is 0.380 e. The van der Waals surface area contributed by atoms with Crippen molar-refractivity contribution in [1.29, 1.82) is 0 Å². The van der Waals surface area contributed by atoms with Gasteiger partial charge in [-0.3, -0.25) is 0 Å². The fourth-order valence-electron chi connectivity index (χ4n) is 1.49. The Morgan fingerprint density at radius 1 is 1.19 bits per heavy atom. The third-order valence-corrected chi connectivity index (χ3v) is 4.08. The average molecular weight is 296 g/mol. The summed E-state index contributed by atoms with van der Waals surface area (Å²) >= 11 is 5.35. The van der Waals surface area contributed by atoms with Crippen molar-refractivity contribution in [2.24, 2.45) is 0 Å². The smallest absolute Gasteiger partial charge is 0.0494 e. The van der Waals surface area contributed by atoms with Crippen LogP contribution in [0.5, 0.6) is 0 Å². The molecule has 0 saturated heterocycles. The van der Waals surface area contributed by atoms with Crippen molar-refractivity contribution < 1.29 is 0 Å². The van der Waals surface area contributed by atoms with E-state index in [9.17, 15) is 0 Å². The summed E-state index contributed by atoms with van der Waals surface area (Å²) in [6.45, 7) is 3.10. The lowest BCUT2D eigenvalue weighted by Gasteiger charge is -2.04. The molecule has 0 radical (unpaired) electrons. The molecule has 3 heteroatoms. The van der Waals surface area contributed by atoms with Crippen molar-refractivity contribution in [2.45, 2.75) is 19.9 Å². The minimum atomic E-state index is 0.904. The highest BCUT2D eigenvalue weighted by atomic mass is 79.9. The molecule has 1 heterocycles. The van der Waals surface area contributed by atoms with E-state index in [1.807, 2.05) is 23.5 Å². The summed E-state index contributed by atoms with van der Waals surface area (Å²) in [5, 5.41) is 3.42. The Morgan fingerprint density at radius 2 is 2.00 bits per heavy atom. The number of hydrogen-bond donors (Lipinski definition) is 1. The maximum absolute atomic E-state index is 3.47. The van der Waals surface area contributed by atoms with Crippen molar-refractivity contribution in [3.8, 4) is 0 Å². The van der Waals surface area contributed by atoms with Gasteiger partial charge < -0.3 is 5.32 Å². The molecule has 0 unspecified atom stereocenters. The molecule has 84 valence electrons. The van der Waals surface area contributed by atoms with Crippen molar-refractivity contribution in [2.75, 3.05) is 5.32 Å². The summed E-state index contributed by atoms with van der Waals surface area (Å²) in [7, 11) is 0. The van der Waals surface area contributed by atoms with Crippen LogP contribution in [0.2, 0.25) is 0 Å². The number of benzene rings is 1. The number of nitrogens with one attached hydrogen (secondary N) is 1. The van der Waals surface area contributed by atoms with Crippen LogP contribution in [-0.4, -0.2) is 0 Å². The molecule has 2 aromatic rings. The number of hydrogen-bond acceptors (Lipinski definition) is 2. The zero-order chi connectivity index (χ0) is 11.4.